The van der Waals surface area contributed by atoms with Gasteiger partial charge in [0.05, 0.1) is 0 Å². The Balaban J connectivity index is 1.81. The fraction of sp³-hybridized carbons (Fsp3) is 0.643. The van der Waals surface area contributed by atoms with Crippen LogP contribution >= 0.6 is 0 Å². The van der Waals surface area contributed by atoms with E-state index < -0.39 is 0 Å². The lowest BCUT2D eigenvalue weighted by Gasteiger charge is -2.33. The summed E-state index contributed by atoms with van der Waals surface area (Å²) in [4.78, 5) is 6.54. The highest BCUT2D eigenvalue weighted by Gasteiger charge is 2.19. The molecule has 94 valence electrons. The lowest BCUT2D eigenvalue weighted by Crippen LogP contribution is -2.43. The van der Waals surface area contributed by atoms with Crippen molar-refractivity contribution >= 4 is 0 Å². The van der Waals surface area contributed by atoms with Gasteiger partial charge in [-0.2, -0.15) is 0 Å². The van der Waals surface area contributed by atoms with E-state index in [-0.39, 0.29) is 0 Å². The molecule has 3 heteroatoms. The van der Waals surface area contributed by atoms with Gasteiger partial charge in [-0.1, -0.05) is 6.42 Å². The molecule has 1 aliphatic heterocycles. The van der Waals surface area contributed by atoms with Crippen molar-refractivity contribution in [2.75, 3.05) is 20.1 Å². The second kappa shape index (κ2) is 6.12. The van der Waals surface area contributed by atoms with Crippen LogP contribution in [0.3, 0.4) is 0 Å². The Morgan fingerprint density at radius 3 is 2.88 bits per heavy atom. The van der Waals surface area contributed by atoms with E-state index in [0.29, 0.717) is 12.1 Å². The van der Waals surface area contributed by atoms with E-state index in [9.17, 15) is 0 Å². The van der Waals surface area contributed by atoms with Crippen LogP contribution < -0.4 is 5.32 Å². The number of likely N-dealkylation sites (tertiary alicyclic amines) is 1. The maximum Gasteiger partial charge on any atom is 0.0293 e. The van der Waals surface area contributed by atoms with Crippen LogP contribution in [-0.4, -0.2) is 36.1 Å². The second-order valence-electron chi connectivity index (χ2n) is 5.04. The Kier molecular flexibility index (Phi) is 4.51. The van der Waals surface area contributed by atoms with E-state index >= 15 is 0 Å². The molecule has 2 heterocycles. The molecule has 0 spiro atoms. The van der Waals surface area contributed by atoms with Crippen molar-refractivity contribution in [2.45, 2.75) is 38.3 Å². The highest BCUT2D eigenvalue weighted by molar-refractivity contribution is 5.13. The van der Waals surface area contributed by atoms with Crippen molar-refractivity contribution in [3.05, 3.63) is 30.1 Å². The predicted octanol–water partition coefficient (Wildman–Crippen LogP) is 2.22. The first-order valence-corrected chi connectivity index (χ1v) is 6.61. The topological polar surface area (TPSA) is 28.2 Å². The summed E-state index contributed by atoms with van der Waals surface area (Å²) >= 11 is 0. The normalized spacial score (nSPS) is 23.5. The third-order valence-electron chi connectivity index (χ3n) is 3.79. The SMILES string of the molecule is C[C@@H](NCC1CCCCN1C)c1ccncc1. The van der Waals surface area contributed by atoms with Crippen LogP contribution in [0.1, 0.15) is 37.8 Å². The molecule has 1 fully saturated rings. The summed E-state index contributed by atoms with van der Waals surface area (Å²) in [5, 5.41) is 3.63. The summed E-state index contributed by atoms with van der Waals surface area (Å²) in [5.74, 6) is 0. The molecule has 1 aliphatic rings. The minimum Gasteiger partial charge on any atom is -0.309 e. The molecule has 1 aromatic heterocycles. The highest BCUT2D eigenvalue weighted by atomic mass is 15.2. The Labute approximate surface area is 104 Å². The summed E-state index contributed by atoms with van der Waals surface area (Å²) in [6.45, 7) is 4.55. The molecule has 3 nitrogen and oxygen atoms in total. The summed E-state index contributed by atoms with van der Waals surface area (Å²) in [5.41, 5.74) is 1.32. The van der Waals surface area contributed by atoms with Crippen LogP contribution in [0.5, 0.6) is 0 Å². The zero-order valence-electron chi connectivity index (χ0n) is 10.9. The Morgan fingerprint density at radius 1 is 1.41 bits per heavy atom. The molecule has 0 aliphatic carbocycles. The Hall–Kier alpha value is -0.930. The van der Waals surface area contributed by atoms with Gasteiger partial charge in [0.25, 0.3) is 0 Å². The molecular weight excluding hydrogens is 210 g/mol. The van der Waals surface area contributed by atoms with Crippen molar-refractivity contribution in [3.63, 3.8) is 0 Å². The lowest BCUT2D eigenvalue weighted by atomic mass is 10.0. The Bertz CT molecular complexity index is 325. The lowest BCUT2D eigenvalue weighted by molar-refractivity contribution is 0.178. The van der Waals surface area contributed by atoms with Crippen LogP contribution in [-0.2, 0) is 0 Å². The monoisotopic (exact) mass is 233 g/mol. The van der Waals surface area contributed by atoms with Gasteiger partial charge >= 0.3 is 0 Å². The number of hydrogen-bond acceptors (Lipinski definition) is 3. The molecule has 1 unspecified atom stereocenters. The number of hydrogen-bond donors (Lipinski definition) is 1. The maximum atomic E-state index is 4.05. The van der Waals surface area contributed by atoms with Gasteiger partial charge in [0.1, 0.15) is 0 Å². The van der Waals surface area contributed by atoms with E-state index in [1.165, 1.54) is 31.4 Å². The van der Waals surface area contributed by atoms with Crippen molar-refractivity contribution in [1.82, 2.24) is 15.2 Å². The van der Waals surface area contributed by atoms with Crippen LogP contribution in [0.25, 0.3) is 0 Å². The third-order valence-corrected chi connectivity index (χ3v) is 3.79. The summed E-state index contributed by atoms with van der Waals surface area (Å²) in [6.07, 6.45) is 7.78. The van der Waals surface area contributed by atoms with Gasteiger partial charge in [-0.05, 0) is 51.1 Å². The predicted molar refractivity (Wildman–Crippen MR) is 70.9 cm³/mol. The molecule has 2 atom stereocenters. The summed E-state index contributed by atoms with van der Waals surface area (Å²) < 4.78 is 0. The molecule has 1 aromatic rings. The number of piperidine rings is 1. The first-order chi connectivity index (χ1) is 8.27. The minimum atomic E-state index is 0.410. The molecule has 1 saturated heterocycles. The average Bonchev–Trinajstić information content (AvgIpc) is 2.38. The summed E-state index contributed by atoms with van der Waals surface area (Å²) in [7, 11) is 2.24. The highest BCUT2D eigenvalue weighted by Crippen LogP contribution is 2.16. The third kappa shape index (κ3) is 3.51. The van der Waals surface area contributed by atoms with E-state index in [1.807, 2.05) is 12.4 Å². The van der Waals surface area contributed by atoms with E-state index in [4.69, 9.17) is 0 Å². The quantitative estimate of drug-likeness (QED) is 0.864. The van der Waals surface area contributed by atoms with Crippen molar-refractivity contribution in [2.24, 2.45) is 0 Å². The van der Waals surface area contributed by atoms with E-state index in [0.717, 1.165) is 6.54 Å². The van der Waals surface area contributed by atoms with Crippen molar-refractivity contribution < 1.29 is 0 Å². The molecule has 0 aromatic carbocycles. The molecule has 0 amide bonds. The van der Waals surface area contributed by atoms with Gasteiger partial charge < -0.3 is 10.2 Å². The average molecular weight is 233 g/mol. The molecule has 0 radical (unpaired) electrons. The van der Waals surface area contributed by atoms with Crippen LogP contribution in [0.2, 0.25) is 0 Å². The van der Waals surface area contributed by atoms with Crippen LogP contribution in [0.15, 0.2) is 24.5 Å². The first-order valence-electron chi connectivity index (χ1n) is 6.61. The van der Waals surface area contributed by atoms with Gasteiger partial charge in [-0.15, -0.1) is 0 Å². The summed E-state index contributed by atoms with van der Waals surface area (Å²) in [6, 6.07) is 5.28. The van der Waals surface area contributed by atoms with Crippen LogP contribution in [0.4, 0.5) is 0 Å². The number of pyridine rings is 1. The zero-order valence-corrected chi connectivity index (χ0v) is 10.9. The minimum absolute atomic E-state index is 0.410. The first kappa shape index (κ1) is 12.5. The van der Waals surface area contributed by atoms with Gasteiger partial charge in [-0.3, -0.25) is 4.98 Å². The number of rotatable bonds is 4. The number of aromatic nitrogens is 1. The second-order valence-corrected chi connectivity index (χ2v) is 5.04. The molecule has 1 N–H and O–H groups in total. The number of nitrogens with zero attached hydrogens (tertiary/aromatic N) is 2. The molecule has 2 rings (SSSR count). The fourth-order valence-electron chi connectivity index (χ4n) is 2.48. The Morgan fingerprint density at radius 2 is 2.18 bits per heavy atom. The van der Waals surface area contributed by atoms with E-state index in [2.05, 4.69) is 41.3 Å². The van der Waals surface area contributed by atoms with Gasteiger partial charge in [0.2, 0.25) is 0 Å². The van der Waals surface area contributed by atoms with Crippen molar-refractivity contribution in [1.29, 1.82) is 0 Å². The number of likely N-dealkylation sites (N-methyl/N-ethyl adjacent to an activating group) is 1. The van der Waals surface area contributed by atoms with E-state index in [1.54, 1.807) is 0 Å². The van der Waals surface area contributed by atoms with Gasteiger partial charge in [0.15, 0.2) is 0 Å². The standard InChI is InChI=1S/C14H23N3/c1-12(13-6-8-15-9-7-13)16-11-14-5-3-4-10-17(14)2/h6-9,12,14,16H,3-5,10-11H2,1-2H3/t12-,14?/m1/s1. The maximum absolute atomic E-state index is 4.05. The zero-order chi connectivity index (χ0) is 12.1. The van der Waals surface area contributed by atoms with Gasteiger partial charge in [-0.25, -0.2) is 0 Å². The molecule has 17 heavy (non-hydrogen) atoms. The molecular formula is C14H23N3. The smallest absolute Gasteiger partial charge is 0.0293 e. The number of nitrogens with one attached hydrogen (secondary N) is 1. The molecule has 0 saturated carbocycles. The molecule has 0 bridgehead atoms. The fourth-order valence-corrected chi connectivity index (χ4v) is 2.48. The largest absolute Gasteiger partial charge is 0.309 e. The van der Waals surface area contributed by atoms with Gasteiger partial charge in [0, 0.05) is 31.0 Å². The van der Waals surface area contributed by atoms with Crippen LogP contribution in [0, 0.1) is 0 Å². The van der Waals surface area contributed by atoms with Crippen molar-refractivity contribution in [3.8, 4) is 0 Å².